The monoisotopic (exact) mass is 464 g/mol. The van der Waals surface area contributed by atoms with E-state index in [1.165, 1.54) is 0 Å². The van der Waals surface area contributed by atoms with Gasteiger partial charge in [-0.25, -0.2) is 4.79 Å². The van der Waals surface area contributed by atoms with E-state index in [0.717, 1.165) is 17.1 Å². The van der Waals surface area contributed by atoms with Crippen LogP contribution in [0, 0.1) is 11.8 Å². The summed E-state index contributed by atoms with van der Waals surface area (Å²) >= 11 is 1.12. The summed E-state index contributed by atoms with van der Waals surface area (Å²) in [5, 5.41) is 13.6. The molecule has 0 saturated heterocycles. The van der Waals surface area contributed by atoms with Crippen molar-refractivity contribution in [1.29, 1.82) is 0 Å². The molecule has 0 aliphatic heterocycles. The lowest BCUT2D eigenvalue weighted by Gasteiger charge is -2.13. The molecule has 1 atom stereocenters. The van der Waals surface area contributed by atoms with Crippen LogP contribution in [0.4, 0.5) is 10.5 Å². The van der Waals surface area contributed by atoms with Crippen molar-refractivity contribution in [2.24, 2.45) is 0 Å². The molecule has 1 aromatic carbocycles. The van der Waals surface area contributed by atoms with E-state index in [0.29, 0.717) is 24.2 Å². The molecule has 2 N–H and O–H groups in total. The number of carboxylic acid groups (broad SMARTS) is 1. The van der Waals surface area contributed by atoms with Crippen LogP contribution in [0.1, 0.15) is 48.9 Å². The fourth-order valence-electron chi connectivity index (χ4n) is 3.16. The molecule has 0 spiro atoms. The molecule has 1 fully saturated rings. The molecule has 33 heavy (non-hydrogen) atoms. The van der Waals surface area contributed by atoms with E-state index in [-0.39, 0.29) is 23.2 Å². The number of ether oxygens (including phenoxy) is 1. The number of hydrogen-bond acceptors (Lipinski definition) is 9. The number of aliphatic carboxylic acids is 1. The number of carbonyl (C=O) groups is 2. The molecule has 0 radical (unpaired) electrons. The van der Waals surface area contributed by atoms with E-state index < -0.39 is 23.6 Å². The van der Waals surface area contributed by atoms with Crippen molar-refractivity contribution in [3.63, 3.8) is 0 Å². The number of oxazole rings is 2. The highest BCUT2D eigenvalue weighted by Crippen LogP contribution is 2.48. The molecule has 1 aliphatic rings. The second-order valence-electron chi connectivity index (χ2n) is 7.45. The zero-order valence-electron chi connectivity index (χ0n) is 17.2. The highest BCUT2D eigenvalue weighted by Gasteiger charge is 2.56. The van der Waals surface area contributed by atoms with Crippen molar-refractivity contribution >= 4 is 40.7 Å². The minimum atomic E-state index is -1.08. The molecule has 1 unspecified atom stereocenters. The fourth-order valence-corrected chi connectivity index (χ4v) is 3.74. The first-order chi connectivity index (χ1) is 15.9. The maximum atomic E-state index is 12.3. The first-order valence-electron chi connectivity index (χ1n) is 9.95. The van der Waals surface area contributed by atoms with Gasteiger partial charge in [-0.05, 0) is 42.8 Å². The van der Waals surface area contributed by atoms with Crippen LogP contribution < -0.4 is 5.32 Å². The van der Waals surface area contributed by atoms with Gasteiger partial charge in [0.05, 0.1) is 5.69 Å². The summed E-state index contributed by atoms with van der Waals surface area (Å²) in [6, 6.07) is 9.37. The first-order valence-corrected chi connectivity index (χ1v) is 10.8. The van der Waals surface area contributed by atoms with Crippen LogP contribution in [0.3, 0.4) is 0 Å². The van der Waals surface area contributed by atoms with Gasteiger partial charge in [0.25, 0.3) is 17.3 Å². The summed E-state index contributed by atoms with van der Waals surface area (Å²) in [7, 11) is 0. The molecule has 4 aromatic rings. The summed E-state index contributed by atoms with van der Waals surface area (Å²) in [4.78, 5) is 31.9. The Bertz CT molecular complexity index is 1380. The van der Waals surface area contributed by atoms with Gasteiger partial charge < -0.3 is 18.7 Å². The molecular formula is C22H16N4O6S. The van der Waals surface area contributed by atoms with Crippen molar-refractivity contribution < 1.29 is 28.3 Å². The molecule has 11 heteroatoms. The normalized spacial score (nSPS) is 14.8. The molecule has 5 rings (SSSR count). The zero-order chi connectivity index (χ0) is 23.0. The van der Waals surface area contributed by atoms with Gasteiger partial charge in [0, 0.05) is 11.3 Å². The van der Waals surface area contributed by atoms with Crippen LogP contribution in [-0.2, 0) is 14.9 Å². The maximum absolute atomic E-state index is 12.3. The third kappa shape index (κ3) is 4.04. The summed E-state index contributed by atoms with van der Waals surface area (Å²) in [5.74, 6) is 4.63. The van der Waals surface area contributed by atoms with Crippen LogP contribution >= 0.6 is 11.5 Å². The third-order valence-corrected chi connectivity index (χ3v) is 5.82. The first kappa shape index (κ1) is 20.7. The Balaban J connectivity index is 1.27. The number of fused-ring (bicyclic) bond motifs is 1. The lowest BCUT2D eigenvalue weighted by molar-refractivity contribution is -0.140. The lowest BCUT2D eigenvalue weighted by Crippen LogP contribution is -2.19. The van der Waals surface area contributed by atoms with E-state index in [9.17, 15) is 14.7 Å². The molecule has 1 saturated carbocycles. The van der Waals surface area contributed by atoms with E-state index >= 15 is 0 Å². The van der Waals surface area contributed by atoms with E-state index in [1.54, 1.807) is 12.3 Å². The number of nitrogens with zero attached hydrogens (tertiary/aromatic N) is 3. The Morgan fingerprint density at radius 2 is 1.94 bits per heavy atom. The Morgan fingerprint density at radius 3 is 2.64 bits per heavy atom. The van der Waals surface area contributed by atoms with E-state index in [1.807, 2.05) is 30.3 Å². The number of anilines is 1. The second-order valence-corrected chi connectivity index (χ2v) is 8.07. The number of hydrogen-bond donors (Lipinski definition) is 2. The lowest BCUT2D eigenvalue weighted by atomic mass is 10.1. The van der Waals surface area contributed by atoms with Gasteiger partial charge in [0.1, 0.15) is 11.5 Å². The number of carbonyl (C=O) groups excluding carboxylic acids is 1. The molecule has 3 aromatic heterocycles. The van der Waals surface area contributed by atoms with Gasteiger partial charge in [0.15, 0.2) is 5.69 Å². The van der Waals surface area contributed by atoms with Gasteiger partial charge in [-0.2, -0.15) is 14.3 Å². The number of rotatable bonds is 5. The number of nitrogens with one attached hydrogen (secondary N) is 1. The van der Waals surface area contributed by atoms with Crippen LogP contribution in [0.5, 0.6) is 0 Å². The van der Waals surface area contributed by atoms with Gasteiger partial charge >= 0.3 is 12.1 Å². The Labute approximate surface area is 190 Å². The Morgan fingerprint density at radius 1 is 1.18 bits per heavy atom. The number of aromatic nitrogens is 3. The largest absolute Gasteiger partial charge is 0.480 e. The third-order valence-electron chi connectivity index (χ3n) is 5.19. The number of amides is 1. The molecular weight excluding hydrogens is 448 g/mol. The number of carboxylic acids is 1. The quantitative estimate of drug-likeness (QED) is 0.418. The predicted octanol–water partition coefficient (Wildman–Crippen LogP) is 4.10. The van der Waals surface area contributed by atoms with Crippen LogP contribution in [-0.4, -0.2) is 31.5 Å². The van der Waals surface area contributed by atoms with Gasteiger partial charge in [-0.1, -0.05) is 30.3 Å². The van der Waals surface area contributed by atoms with Gasteiger partial charge in [-0.3, -0.25) is 10.1 Å². The van der Waals surface area contributed by atoms with E-state index in [4.69, 9.17) is 13.6 Å². The van der Waals surface area contributed by atoms with Crippen molar-refractivity contribution in [2.75, 3.05) is 5.32 Å². The smallest absolute Gasteiger partial charge is 0.412 e. The molecule has 166 valence electrons. The number of benzene rings is 1. The van der Waals surface area contributed by atoms with Crippen molar-refractivity contribution in [1.82, 2.24) is 14.3 Å². The molecule has 0 bridgehead atoms. The van der Waals surface area contributed by atoms with Gasteiger partial charge in [0.2, 0.25) is 5.89 Å². The van der Waals surface area contributed by atoms with Crippen LogP contribution in [0.2, 0.25) is 0 Å². The van der Waals surface area contributed by atoms with Crippen molar-refractivity contribution in [2.45, 2.75) is 31.3 Å². The summed E-state index contributed by atoms with van der Waals surface area (Å²) in [6.45, 7) is 1.78. The molecule has 3 heterocycles. The van der Waals surface area contributed by atoms with Crippen LogP contribution in [0.15, 0.2) is 44.5 Å². The highest BCUT2D eigenvalue weighted by molar-refractivity contribution is 7.04. The molecule has 1 aliphatic carbocycles. The van der Waals surface area contributed by atoms with Crippen molar-refractivity contribution in [3.8, 4) is 11.8 Å². The topological polar surface area (TPSA) is 141 Å². The second kappa shape index (κ2) is 8.07. The summed E-state index contributed by atoms with van der Waals surface area (Å²) in [5.41, 5.74) is 0.662. The highest BCUT2D eigenvalue weighted by atomic mass is 32.1. The van der Waals surface area contributed by atoms with Crippen molar-refractivity contribution in [3.05, 3.63) is 58.8 Å². The minimum Gasteiger partial charge on any atom is -0.480 e. The maximum Gasteiger partial charge on any atom is 0.412 e. The molecule has 1 amide bonds. The van der Waals surface area contributed by atoms with E-state index in [2.05, 4.69) is 31.5 Å². The molecule has 10 nitrogen and oxygen atoms in total. The average Bonchev–Trinajstić information content (AvgIpc) is 3.12. The minimum absolute atomic E-state index is 0.0298. The average molecular weight is 464 g/mol. The zero-order valence-corrected chi connectivity index (χ0v) is 18.0. The Hall–Kier alpha value is -4.17. The Kier molecular flexibility index (Phi) is 5.07. The van der Waals surface area contributed by atoms with Crippen LogP contribution in [0.25, 0.3) is 11.4 Å². The standard InChI is InChI=1S/C22H16N4O6S/c1-12(13-5-3-2-4-6-13)30-21(29)23-15-11-33-26-14(15)7-8-16-24-17-18(31-16)25-19(32-17)22(9-10-22)20(27)28/h2-6,11-12H,9-10H2,1H3,(H,23,29)(H,27,28). The summed E-state index contributed by atoms with van der Waals surface area (Å²) in [6.07, 6.45) is -0.134. The predicted molar refractivity (Wildman–Crippen MR) is 116 cm³/mol. The fraction of sp³-hybridized carbons (Fsp3) is 0.227. The summed E-state index contributed by atoms with van der Waals surface area (Å²) < 4.78 is 20.5. The van der Waals surface area contributed by atoms with Gasteiger partial charge in [-0.15, -0.1) is 0 Å². The SMILES string of the molecule is CC(OC(=O)Nc1csnc1C#Cc1nc2oc(C3(C(=O)O)CC3)nc2o1)c1ccccc1.